The topological polar surface area (TPSA) is 60.9 Å². The molecule has 0 aromatic rings. The number of hydrogen-bond donors (Lipinski definition) is 1. The van der Waals surface area contributed by atoms with Gasteiger partial charge in [0, 0.05) is 13.1 Å². The van der Waals surface area contributed by atoms with Crippen LogP contribution in [0.4, 0.5) is 0 Å². The van der Waals surface area contributed by atoms with Gasteiger partial charge in [-0.05, 0) is 0 Å². The van der Waals surface area contributed by atoms with Gasteiger partial charge in [-0.25, -0.2) is 0 Å². The maximum atomic E-state index is 11.8. The van der Waals surface area contributed by atoms with Crippen molar-refractivity contribution < 1.29 is 14.7 Å². The lowest BCUT2D eigenvalue weighted by molar-refractivity contribution is -0.137. The van der Waals surface area contributed by atoms with Crippen LogP contribution in [0.2, 0.25) is 0 Å². The second kappa shape index (κ2) is 6.55. The van der Waals surface area contributed by atoms with Gasteiger partial charge in [0.15, 0.2) is 0 Å². The van der Waals surface area contributed by atoms with Crippen molar-refractivity contribution in [3.63, 3.8) is 0 Å². The first-order chi connectivity index (χ1) is 7.69. The van der Waals surface area contributed by atoms with Gasteiger partial charge in [-0.3, -0.25) is 9.59 Å². The Balaban J connectivity index is 2.47. The molecule has 16 heavy (non-hydrogen) atoms. The molecule has 0 aromatic carbocycles. The minimum Gasteiger partial charge on any atom is -0.395 e. The molecule has 1 aliphatic heterocycles. The molecule has 0 unspecified atom stereocenters. The molecule has 1 saturated heterocycles. The van der Waals surface area contributed by atoms with Crippen LogP contribution < -0.4 is 0 Å². The van der Waals surface area contributed by atoms with Crippen LogP contribution in [0, 0.1) is 0 Å². The normalized spacial score (nSPS) is 15.3. The molecule has 5 nitrogen and oxygen atoms in total. The zero-order valence-corrected chi connectivity index (χ0v) is 9.91. The number of rotatable bonds is 6. The average molecular weight is 244 g/mol. The Morgan fingerprint density at radius 1 is 1.69 bits per heavy atom. The number of hydrogen-bond acceptors (Lipinski definition) is 4. The standard InChI is InChI=1S/C10H16N2O3S/c1-2-3-11(4-5-13)9(14)6-12-8-16-7-10(12)15/h2,13H,1,3-8H2. The molecule has 90 valence electrons. The minimum atomic E-state index is -0.148. The number of thioether (sulfide) groups is 1. The van der Waals surface area contributed by atoms with E-state index in [2.05, 4.69) is 6.58 Å². The van der Waals surface area contributed by atoms with Gasteiger partial charge in [0.2, 0.25) is 11.8 Å². The van der Waals surface area contributed by atoms with Crippen molar-refractivity contribution in [1.82, 2.24) is 9.80 Å². The van der Waals surface area contributed by atoms with Crippen molar-refractivity contribution in [3.05, 3.63) is 12.7 Å². The summed E-state index contributed by atoms with van der Waals surface area (Å²) in [6, 6.07) is 0. The molecule has 1 heterocycles. The molecule has 0 saturated carbocycles. The molecule has 0 spiro atoms. The van der Waals surface area contributed by atoms with Crippen molar-refractivity contribution in [2.75, 3.05) is 37.9 Å². The number of aliphatic hydroxyl groups is 1. The lowest BCUT2D eigenvalue weighted by atomic mass is 10.4. The molecule has 1 N–H and O–H groups in total. The lowest BCUT2D eigenvalue weighted by Crippen LogP contribution is -2.42. The summed E-state index contributed by atoms with van der Waals surface area (Å²) in [5.74, 6) is 0.881. The zero-order valence-electron chi connectivity index (χ0n) is 9.09. The molecule has 1 rings (SSSR count). The smallest absolute Gasteiger partial charge is 0.242 e. The zero-order chi connectivity index (χ0) is 12.0. The van der Waals surface area contributed by atoms with Gasteiger partial charge >= 0.3 is 0 Å². The minimum absolute atomic E-state index is 0.000835. The fourth-order valence-electron chi connectivity index (χ4n) is 1.40. The lowest BCUT2D eigenvalue weighted by Gasteiger charge is -2.23. The van der Waals surface area contributed by atoms with Crippen LogP contribution >= 0.6 is 11.8 Å². The fourth-order valence-corrected chi connectivity index (χ4v) is 2.30. The van der Waals surface area contributed by atoms with Crippen LogP contribution in [0.1, 0.15) is 0 Å². The number of carbonyl (C=O) groups excluding carboxylic acids is 2. The van der Waals surface area contributed by atoms with E-state index in [9.17, 15) is 9.59 Å². The molecule has 0 aromatic heterocycles. The summed E-state index contributed by atoms with van der Waals surface area (Å²) in [4.78, 5) is 26.1. The highest BCUT2D eigenvalue weighted by Gasteiger charge is 2.24. The van der Waals surface area contributed by atoms with Crippen LogP contribution in [-0.2, 0) is 9.59 Å². The van der Waals surface area contributed by atoms with Crippen molar-refractivity contribution in [2.24, 2.45) is 0 Å². The molecular weight excluding hydrogens is 228 g/mol. The molecule has 0 aliphatic carbocycles. The maximum Gasteiger partial charge on any atom is 0.242 e. The Labute approximate surface area is 99.1 Å². The number of carbonyl (C=O) groups is 2. The van der Waals surface area contributed by atoms with Crippen LogP contribution in [0.3, 0.4) is 0 Å². The summed E-state index contributed by atoms with van der Waals surface area (Å²) < 4.78 is 0. The predicted octanol–water partition coefficient (Wildman–Crippen LogP) is -0.474. The molecule has 6 heteroatoms. The SMILES string of the molecule is C=CCN(CCO)C(=O)CN1CSCC1=O. The highest BCUT2D eigenvalue weighted by atomic mass is 32.2. The van der Waals surface area contributed by atoms with E-state index in [1.54, 1.807) is 6.08 Å². The monoisotopic (exact) mass is 244 g/mol. The Morgan fingerprint density at radius 2 is 2.44 bits per heavy atom. The average Bonchev–Trinajstić information content (AvgIpc) is 2.64. The van der Waals surface area contributed by atoms with Gasteiger partial charge in [-0.1, -0.05) is 6.08 Å². The first kappa shape index (κ1) is 13.1. The Morgan fingerprint density at radius 3 is 2.94 bits per heavy atom. The van der Waals surface area contributed by atoms with E-state index >= 15 is 0 Å². The van der Waals surface area contributed by atoms with E-state index in [0.29, 0.717) is 18.2 Å². The molecule has 0 radical (unpaired) electrons. The highest BCUT2D eigenvalue weighted by Crippen LogP contribution is 2.14. The molecule has 1 aliphatic rings. The van der Waals surface area contributed by atoms with E-state index in [-0.39, 0.29) is 31.5 Å². The molecule has 0 atom stereocenters. The number of aliphatic hydroxyl groups excluding tert-OH is 1. The first-order valence-electron chi connectivity index (χ1n) is 5.04. The van der Waals surface area contributed by atoms with E-state index < -0.39 is 0 Å². The Bertz CT molecular complexity index is 283. The Kier molecular flexibility index (Phi) is 5.34. The van der Waals surface area contributed by atoms with Gasteiger partial charge < -0.3 is 14.9 Å². The van der Waals surface area contributed by atoms with Crippen LogP contribution in [0.15, 0.2) is 12.7 Å². The first-order valence-corrected chi connectivity index (χ1v) is 6.19. The van der Waals surface area contributed by atoms with Crippen molar-refractivity contribution in [2.45, 2.75) is 0 Å². The maximum absolute atomic E-state index is 11.8. The summed E-state index contributed by atoms with van der Waals surface area (Å²) >= 11 is 1.51. The number of nitrogens with zero attached hydrogens (tertiary/aromatic N) is 2. The van der Waals surface area contributed by atoms with Crippen LogP contribution in [0.5, 0.6) is 0 Å². The van der Waals surface area contributed by atoms with Gasteiger partial charge in [-0.2, -0.15) is 0 Å². The molecular formula is C10H16N2O3S. The second-order valence-corrected chi connectivity index (χ2v) is 4.38. The molecule has 1 fully saturated rings. The summed E-state index contributed by atoms with van der Waals surface area (Å²) in [5.41, 5.74) is 0. The van der Waals surface area contributed by atoms with Crippen molar-refractivity contribution in [1.29, 1.82) is 0 Å². The highest BCUT2D eigenvalue weighted by molar-refractivity contribution is 8.00. The Hall–Kier alpha value is -1.01. The summed E-state index contributed by atoms with van der Waals surface area (Å²) in [7, 11) is 0. The van der Waals surface area contributed by atoms with E-state index in [4.69, 9.17) is 5.11 Å². The van der Waals surface area contributed by atoms with Gasteiger partial charge in [0.1, 0.15) is 6.54 Å². The van der Waals surface area contributed by atoms with Crippen LogP contribution in [-0.4, -0.2) is 64.6 Å². The summed E-state index contributed by atoms with van der Waals surface area (Å²) in [6.07, 6.45) is 1.61. The third kappa shape index (κ3) is 3.53. The van der Waals surface area contributed by atoms with Crippen molar-refractivity contribution in [3.8, 4) is 0 Å². The second-order valence-electron chi connectivity index (χ2n) is 3.42. The fraction of sp³-hybridized carbons (Fsp3) is 0.600. The van der Waals surface area contributed by atoms with Crippen LogP contribution in [0.25, 0.3) is 0 Å². The van der Waals surface area contributed by atoms with Gasteiger partial charge in [0.25, 0.3) is 0 Å². The summed E-state index contributed by atoms with van der Waals surface area (Å²) in [6.45, 7) is 4.24. The predicted molar refractivity (Wildman–Crippen MR) is 62.9 cm³/mol. The van der Waals surface area contributed by atoms with Gasteiger partial charge in [0.05, 0.1) is 18.2 Å². The summed E-state index contributed by atoms with van der Waals surface area (Å²) in [5, 5.41) is 8.81. The third-order valence-electron chi connectivity index (χ3n) is 2.22. The van der Waals surface area contributed by atoms with Gasteiger partial charge in [-0.15, -0.1) is 18.3 Å². The van der Waals surface area contributed by atoms with E-state index in [0.717, 1.165) is 0 Å². The third-order valence-corrected chi connectivity index (χ3v) is 3.17. The van der Waals surface area contributed by atoms with E-state index in [1.165, 1.54) is 21.6 Å². The largest absolute Gasteiger partial charge is 0.395 e. The molecule has 0 bridgehead atoms. The van der Waals surface area contributed by atoms with E-state index in [1.807, 2.05) is 0 Å². The quantitative estimate of drug-likeness (QED) is 0.642. The molecule has 2 amide bonds. The number of amides is 2. The van der Waals surface area contributed by atoms with Crippen molar-refractivity contribution >= 4 is 23.6 Å².